The molecule has 1 aliphatic heterocycles. The van der Waals surface area contributed by atoms with Crippen LogP contribution in [-0.2, 0) is 4.79 Å². The van der Waals surface area contributed by atoms with Crippen LogP contribution in [0.3, 0.4) is 0 Å². The van der Waals surface area contributed by atoms with Gasteiger partial charge in [-0.15, -0.1) is 0 Å². The third-order valence-corrected chi connectivity index (χ3v) is 6.75. The highest BCUT2D eigenvalue weighted by molar-refractivity contribution is 6.29. The molecule has 3 atom stereocenters. The lowest BCUT2D eigenvalue weighted by Gasteiger charge is -2.32. The van der Waals surface area contributed by atoms with Gasteiger partial charge in [0.15, 0.2) is 0 Å². The number of nitrogens with zero attached hydrogens (tertiary/aromatic N) is 2. The van der Waals surface area contributed by atoms with E-state index in [-0.39, 0.29) is 24.0 Å². The molecule has 4 heterocycles. The summed E-state index contributed by atoms with van der Waals surface area (Å²) < 4.78 is 0. The minimum atomic E-state index is -0.0418. The van der Waals surface area contributed by atoms with E-state index in [2.05, 4.69) is 30.9 Å². The molecule has 5 rings (SSSR count). The summed E-state index contributed by atoms with van der Waals surface area (Å²) in [4.78, 5) is 24.7. The minimum absolute atomic E-state index is 0.0418. The van der Waals surface area contributed by atoms with Gasteiger partial charge in [0.25, 0.3) is 0 Å². The zero-order valence-electron chi connectivity index (χ0n) is 18.0. The standard InChI is InChI=1S/C24H29ClN6O/c25-21-11-15(19-14-28-23-18(19)7-4-10-27-23)12-22(31-21)29-16-5-3-6-17(13-16)30-24(32)20-8-1-2-9-26-20/h4,7,10-12,14,16-17,20,26H,1-3,5-6,8-9,13H2,(H,27,28)(H,29,31)(H,30,32). The number of fused-ring (bicyclic) bond motifs is 1. The number of piperidine rings is 1. The summed E-state index contributed by atoms with van der Waals surface area (Å²) in [7, 11) is 0. The van der Waals surface area contributed by atoms with Crippen LogP contribution in [0.25, 0.3) is 22.2 Å². The summed E-state index contributed by atoms with van der Waals surface area (Å²) in [6.07, 6.45) is 11.0. The van der Waals surface area contributed by atoms with Gasteiger partial charge in [-0.1, -0.05) is 18.0 Å². The van der Waals surface area contributed by atoms with Gasteiger partial charge in [-0.3, -0.25) is 4.79 Å². The van der Waals surface area contributed by atoms with E-state index in [0.717, 1.165) is 79.5 Å². The van der Waals surface area contributed by atoms with E-state index in [0.29, 0.717) is 5.15 Å². The number of aromatic nitrogens is 3. The lowest BCUT2D eigenvalue weighted by molar-refractivity contribution is -0.124. The van der Waals surface area contributed by atoms with Crippen LogP contribution in [0.15, 0.2) is 36.7 Å². The molecule has 3 aromatic rings. The normalized spacial score (nSPS) is 23.7. The largest absolute Gasteiger partial charge is 0.367 e. The second-order valence-corrected chi connectivity index (χ2v) is 9.27. The summed E-state index contributed by atoms with van der Waals surface area (Å²) in [6.45, 7) is 0.933. The van der Waals surface area contributed by atoms with Crippen LogP contribution in [0, 0.1) is 0 Å². The summed E-state index contributed by atoms with van der Waals surface area (Å²) in [5.74, 6) is 0.906. The van der Waals surface area contributed by atoms with Crippen LogP contribution >= 0.6 is 11.6 Å². The first-order valence-corrected chi connectivity index (χ1v) is 11.9. The van der Waals surface area contributed by atoms with E-state index in [1.807, 2.05) is 30.5 Å². The van der Waals surface area contributed by atoms with Crippen LogP contribution in [-0.4, -0.2) is 45.5 Å². The van der Waals surface area contributed by atoms with Gasteiger partial charge in [0.05, 0.1) is 6.04 Å². The van der Waals surface area contributed by atoms with Gasteiger partial charge in [-0.2, -0.15) is 0 Å². The number of carbonyl (C=O) groups excluding carboxylic acids is 1. The Morgan fingerprint density at radius 3 is 2.91 bits per heavy atom. The SMILES string of the molecule is O=C(NC1CCCC(Nc2cc(-c3c[nH]c4ncccc34)cc(Cl)n2)C1)C1CCCCN1. The third kappa shape index (κ3) is 4.74. The van der Waals surface area contributed by atoms with Crippen molar-refractivity contribution >= 4 is 34.4 Å². The number of carbonyl (C=O) groups is 1. The molecule has 1 amide bonds. The summed E-state index contributed by atoms with van der Waals surface area (Å²) >= 11 is 6.38. The lowest BCUT2D eigenvalue weighted by Crippen LogP contribution is -2.51. The fraction of sp³-hybridized carbons (Fsp3) is 0.458. The predicted molar refractivity (Wildman–Crippen MR) is 128 cm³/mol. The number of H-pyrrole nitrogens is 1. The fourth-order valence-electron chi connectivity index (χ4n) is 4.96. The lowest BCUT2D eigenvalue weighted by atomic mass is 9.90. The molecule has 0 radical (unpaired) electrons. The highest BCUT2D eigenvalue weighted by Crippen LogP contribution is 2.31. The molecule has 8 heteroatoms. The van der Waals surface area contributed by atoms with Gasteiger partial charge in [0, 0.05) is 35.4 Å². The minimum Gasteiger partial charge on any atom is -0.367 e. The first-order chi connectivity index (χ1) is 15.7. The molecule has 3 unspecified atom stereocenters. The van der Waals surface area contributed by atoms with Crippen molar-refractivity contribution in [1.82, 2.24) is 25.6 Å². The maximum Gasteiger partial charge on any atom is 0.237 e. The zero-order chi connectivity index (χ0) is 21.9. The highest BCUT2D eigenvalue weighted by Gasteiger charge is 2.27. The van der Waals surface area contributed by atoms with E-state index in [4.69, 9.17) is 11.6 Å². The smallest absolute Gasteiger partial charge is 0.237 e. The number of amides is 1. The second-order valence-electron chi connectivity index (χ2n) is 8.88. The zero-order valence-corrected chi connectivity index (χ0v) is 18.8. The average molecular weight is 453 g/mol. The number of aromatic amines is 1. The number of rotatable bonds is 5. The maximum absolute atomic E-state index is 12.6. The first-order valence-electron chi connectivity index (χ1n) is 11.6. The summed E-state index contributed by atoms with van der Waals surface area (Å²) in [6, 6.07) is 8.29. The Morgan fingerprint density at radius 2 is 2.03 bits per heavy atom. The molecule has 4 N–H and O–H groups in total. The molecule has 1 aliphatic carbocycles. The van der Waals surface area contributed by atoms with E-state index < -0.39 is 0 Å². The van der Waals surface area contributed by atoms with Gasteiger partial charge in [-0.05, 0) is 74.9 Å². The molecule has 2 aliphatic rings. The van der Waals surface area contributed by atoms with Crippen LogP contribution in [0.5, 0.6) is 0 Å². The van der Waals surface area contributed by atoms with Crippen molar-refractivity contribution in [3.8, 4) is 11.1 Å². The van der Waals surface area contributed by atoms with Gasteiger partial charge in [0.2, 0.25) is 5.91 Å². The molecule has 168 valence electrons. The van der Waals surface area contributed by atoms with Crippen molar-refractivity contribution in [1.29, 1.82) is 0 Å². The number of hydrogen-bond acceptors (Lipinski definition) is 5. The highest BCUT2D eigenvalue weighted by atomic mass is 35.5. The van der Waals surface area contributed by atoms with Crippen molar-refractivity contribution in [3.63, 3.8) is 0 Å². The van der Waals surface area contributed by atoms with Gasteiger partial charge in [0.1, 0.15) is 16.6 Å². The quantitative estimate of drug-likeness (QED) is 0.434. The number of pyridine rings is 2. The molecule has 1 saturated carbocycles. The Balaban J connectivity index is 1.27. The van der Waals surface area contributed by atoms with E-state index in [9.17, 15) is 4.79 Å². The number of nitrogens with one attached hydrogen (secondary N) is 4. The van der Waals surface area contributed by atoms with Crippen LogP contribution in [0.1, 0.15) is 44.9 Å². The van der Waals surface area contributed by atoms with E-state index in [1.54, 1.807) is 6.20 Å². The average Bonchev–Trinajstić information content (AvgIpc) is 3.24. The monoisotopic (exact) mass is 452 g/mol. The molecule has 7 nitrogen and oxygen atoms in total. The summed E-state index contributed by atoms with van der Waals surface area (Å²) in [5.41, 5.74) is 2.90. The third-order valence-electron chi connectivity index (χ3n) is 6.56. The maximum atomic E-state index is 12.6. The Bertz CT molecular complexity index is 1090. The predicted octanol–water partition coefficient (Wildman–Crippen LogP) is 4.26. The second kappa shape index (κ2) is 9.46. The molecule has 1 saturated heterocycles. The van der Waals surface area contributed by atoms with Gasteiger partial charge in [-0.25, -0.2) is 9.97 Å². The van der Waals surface area contributed by atoms with Crippen molar-refractivity contribution in [2.45, 2.75) is 63.1 Å². The molecule has 3 aromatic heterocycles. The van der Waals surface area contributed by atoms with Crippen LogP contribution in [0.4, 0.5) is 5.82 Å². The van der Waals surface area contributed by atoms with Crippen molar-refractivity contribution < 1.29 is 4.79 Å². The van der Waals surface area contributed by atoms with Crippen molar-refractivity contribution in [3.05, 3.63) is 41.8 Å². The van der Waals surface area contributed by atoms with Crippen LogP contribution < -0.4 is 16.0 Å². The number of hydrogen-bond donors (Lipinski definition) is 4. The Hall–Kier alpha value is -2.64. The fourth-order valence-corrected chi connectivity index (χ4v) is 5.17. The first kappa shape index (κ1) is 21.2. The number of anilines is 1. The van der Waals surface area contributed by atoms with Crippen LogP contribution in [0.2, 0.25) is 5.15 Å². The molecular weight excluding hydrogens is 424 g/mol. The molecule has 0 spiro atoms. The topological polar surface area (TPSA) is 94.7 Å². The molecule has 32 heavy (non-hydrogen) atoms. The Morgan fingerprint density at radius 1 is 1.12 bits per heavy atom. The van der Waals surface area contributed by atoms with Crippen molar-refractivity contribution in [2.24, 2.45) is 0 Å². The molecular formula is C24H29ClN6O. The van der Waals surface area contributed by atoms with E-state index >= 15 is 0 Å². The van der Waals surface area contributed by atoms with Gasteiger partial charge >= 0.3 is 0 Å². The Labute approximate surface area is 192 Å². The summed E-state index contributed by atoms with van der Waals surface area (Å²) in [5, 5.41) is 11.7. The number of halogens is 1. The van der Waals surface area contributed by atoms with Gasteiger partial charge < -0.3 is 20.9 Å². The molecule has 0 aromatic carbocycles. The Kier molecular flexibility index (Phi) is 6.28. The molecule has 2 fully saturated rings. The van der Waals surface area contributed by atoms with E-state index in [1.165, 1.54) is 0 Å². The molecule has 0 bridgehead atoms. The van der Waals surface area contributed by atoms with Crippen molar-refractivity contribution in [2.75, 3.05) is 11.9 Å².